The molecule has 4 heterocycles. The number of likely N-dealkylation sites (tertiary alicyclic amines) is 1. The highest BCUT2D eigenvalue weighted by Crippen LogP contribution is 2.27. The van der Waals surface area contributed by atoms with E-state index in [2.05, 4.69) is 10.4 Å². The van der Waals surface area contributed by atoms with Gasteiger partial charge in [0.1, 0.15) is 0 Å². The average Bonchev–Trinajstić information content (AvgIpc) is 3.15. The Morgan fingerprint density at radius 1 is 1.25 bits per heavy atom. The second-order valence-electron chi connectivity index (χ2n) is 6.76. The normalized spacial score (nSPS) is 24.9. The summed E-state index contributed by atoms with van der Waals surface area (Å²) in [5.41, 5.74) is 0.845. The fourth-order valence-electron chi connectivity index (χ4n) is 3.59. The Kier molecular flexibility index (Phi) is 3.74. The van der Waals surface area contributed by atoms with Crippen molar-refractivity contribution in [2.45, 2.75) is 31.7 Å². The molecule has 0 radical (unpaired) electrons. The van der Waals surface area contributed by atoms with Gasteiger partial charge in [-0.25, -0.2) is 0 Å². The number of aromatic nitrogens is 2. The van der Waals surface area contributed by atoms with Crippen LogP contribution in [0.15, 0.2) is 12.4 Å². The number of amides is 3. The van der Waals surface area contributed by atoms with Gasteiger partial charge < -0.3 is 15.1 Å². The third-order valence-corrected chi connectivity index (χ3v) is 5.14. The number of nitrogens with one attached hydrogen (secondary N) is 1. The first-order chi connectivity index (χ1) is 11.6. The number of hydrogen-bond donors (Lipinski definition) is 1. The first-order valence-electron chi connectivity index (χ1n) is 8.52. The summed E-state index contributed by atoms with van der Waals surface area (Å²) in [7, 11) is 0. The van der Waals surface area contributed by atoms with Crippen LogP contribution in [-0.4, -0.2) is 58.6 Å². The first-order valence-corrected chi connectivity index (χ1v) is 8.52. The molecule has 24 heavy (non-hydrogen) atoms. The SMILES string of the molecule is O=C1CCC(C(=O)N2CC(n3cc(N4CCCC4=O)cn3)C2)CN1. The summed E-state index contributed by atoms with van der Waals surface area (Å²) in [6, 6.07) is 0.165. The second-order valence-corrected chi connectivity index (χ2v) is 6.76. The molecular weight excluding hydrogens is 310 g/mol. The third-order valence-electron chi connectivity index (χ3n) is 5.14. The Morgan fingerprint density at radius 3 is 2.75 bits per heavy atom. The van der Waals surface area contributed by atoms with Gasteiger partial charge in [0.15, 0.2) is 0 Å². The lowest BCUT2D eigenvalue weighted by atomic mass is 9.95. The molecule has 1 atom stereocenters. The molecular formula is C16H21N5O3. The van der Waals surface area contributed by atoms with Crippen molar-refractivity contribution in [3.8, 4) is 0 Å². The van der Waals surface area contributed by atoms with Gasteiger partial charge in [-0.05, 0) is 12.8 Å². The van der Waals surface area contributed by atoms with Crippen LogP contribution in [0.3, 0.4) is 0 Å². The molecule has 1 aromatic heterocycles. The number of carbonyl (C=O) groups excluding carboxylic acids is 3. The molecule has 3 saturated heterocycles. The molecule has 1 N–H and O–H groups in total. The fourth-order valence-corrected chi connectivity index (χ4v) is 3.59. The van der Waals surface area contributed by atoms with Gasteiger partial charge in [0, 0.05) is 45.2 Å². The van der Waals surface area contributed by atoms with E-state index in [9.17, 15) is 14.4 Å². The molecule has 8 heteroatoms. The minimum absolute atomic E-state index is 0.0288. The number of hydrogen-bond acceptors (Lipinski definition) is 4. The van der Waals surface area contributed by atoms with E-state index in [1.54, 1.807) is 11.1 Å². The van der Waals surface area contributed by atoms with E-state index < -0.39 is 0 Å². The number of anilines is 1. The van der Waals surface area contributed by atoms with Gasteiger partial charge in [0.2, 0.25) is 17.7 Å². The Bertz CT molecular complexity index is 669. The van der Waals surface area contributed by atoms with E-state index in [1.807, 2.05) is 15.8 Å². The van der Waals surface area contributed by atoms with Crippen LogP contribution in [0.4, 0.5) is 5.69 Å². The first kappa shape index (κ1) is 15.2. The van der Waals surface area contributed by atoms with Crippen LogP contribution >= 0.6 is 0 Å². The van der Waals surface area contributed by atoms with Crippen molar-refractivity contribution in [1.82, 2.24) is 20.0 Å². The van der Waals surface area contributed by atoms with Gasteiger partial charge >= 0.3 is 0 Å². The van der Waals surface area contributed by atoms with Crippen LogP contribution in [0.5, 0.6) is 0 Å². The van der Waals surface area contributed by atoms with E-state index in [4.69, 9.17) is 0 Å². The molecule has 0 aromatic carbocycles. The highest BCUT2D eigenvalue weighted by molar-refractivity contribution is 5.95. The summed E-state index contributed by atoms with van der Waals surface area (Å²) < 4.78 is 1.85. The van der Waals surface area contributed by atoms with Crippen molar-refractivity contribution in [3.05, 3.63) is 12.4 Å². The summed E-state index contributed by atoms with van der Waals surface area (Å²) in [6.07, 6.45) is 6.19. The molecule has 0 aliphatic carbocycles. The number of piperidine rings is 1. The van der Waals surface area contributed by atoms with Gasteiger partial charge in [-0.2, -0.15) is 5.10 Å². The third kappa shape index (κ3) is 2.65. The molecule has 0 bridgehead atoms. The standard InChI is InChI=1S/C16H21N5O3/c22-14-4-3-11(6-17-14)16(24)19-8-13(9-19)21-10-12(7-18-21)20-5-1-2-15(20)23/h7,10-11,13H,1-6,8-9H2,(H,17,22). The predicted molar refractivity (Wildman–Crippen MR) is 85.2 cm³/mol. The zero-order valence-electron chi connectivity index (χ0n) is 13.5. The molecule has 4 rings (SSSR count). The van der Waals surface area contributed by atoms with Gasteiger partial charge in [0.25, 0.3) is 0 Å². The minimum atomic E-state index is -0.0981. The van der Waals surface area contributed by atoms with E-state index in [-0.39, 0.29) is 29.7 Å². The molecule has 128 valence electrons. The van der Waals surface area contributed by atoms with Crippen molar-refractivity contribution in [3.63, 3.8) is 0 Å². The largest absolute Gasteiger partial charge is 0.355 e. The van der Waals surface area contributed by atoms with Gasteiger partial charge in [0.05, 0.1) is 23.8 Å². The average molecular weight is 331 g/mol. The number of carbonyl (C=O) groups is 3. The van der Waals surface area contributed by atoms with Crippen molar-refractivity contribution in [1.29, 1.82) is 0 Å². The fraction of sp³-hybridized carbons (Fsp3) is 0.625. The minimum Gasteiger partial charge on any atom is -0.355 e. The molecule has 3 aliphatic rings. The molecule has 0 saturated carbocycles. The summed E-state index contributed by atoms with van der Waals surface area (Å²) in [4.78, 5) is 39.0. The van der Waals surface area contributed by atoms with Crippen LogP contribution < -0.4 is 10.2 Å². The van der Waals surface area contributed by atoms with Crippen molar-refractivity contribution < 1.29 is 14.4 Å². The lowest BCUT2D eigenvalue weighted by molar-refractivity contribution is -0.143. The zero-order valence-corrected chi connectivity index (χ0v) is 13.5. The summed E-state index contributed by atoms with van der Waals surface area (Å²) >= 11 is 0. The van der Waals surface area contributed by atoms with Crippen LogP contribution in [0.25, 0.3) is 0 Å². The van der Waals surface area contributed by atoms with Gasteiger partial charge in [-0.1, -0.05) is 0 Å². The van der Waals surface area contributed by atoms with Crippen LogP contribution in [0, 0.1) is 5.92 Å². The van der Waals surface area contributed by atoms with E-state index in [0.717, 1.165) is 18.7 Å². The maximum atomic E-state index is 12.4. The van der Waals surface area contributed by atoms with Crippen LogP contribution in [-0.2, 0) is 14.4 Å². The van der Waals surface area contributed by atoms with Crippen molar-refractivity contribution in [2.24, 2.45) is 5.92 Å². The monoisotopic (exact) mass is 331 g/mol. The van der Waals surface area contributed by atoms with E-state index >= 15 is 0 Å². The van der Waals surface area contributed by atoms with E-state index in [0.29, 0.717) is 38.9 Å². The maximum Gasteiger partial charge on any atom is 0.227 e. The predicted octanol–water partition coefficient (Wildman–Crippen LogP) is -0.0806. The molecule has 3 fully saturated rings. The van der Waals surface area contributed by atoms with Crippen LogP contribution in [0.1, 0.15) is 31.7 Å². The highest BCUT2D eigenvalue weighted by Gasteiger charge is 2.37. The smallest absolute Gasteiger partial charge is 0.227 e. The summed E-state index contributed by atoms with van der Waals surface area (Å²) in [5.74, 6) is 0.202. The molecule has 3 aliphatic heterocycles. The zero-order chi connectivity index (χ0) is 16.7. The molecule has 0 spiro atoms. The second kappa shape index (κ2) is 5.92. The highest BCUT2D eigenvalue weighted by atomic mass is 16.2. The molecule has 3 amide bonds. The summed E-state index contributed by atoms with van der Waals surface area (Å²) in [5, 5.41) is 7.12. The number of rotatable bonds is 3. The van der Waals surface area contributed by atoms with Crippen molar-refractivity contribution in [2.75, 3.05) is 31.1 Å². The molecule has 1 aromatic rings. The molecule has 8 nitrogen and oxygen atoms in total. The maximum absolute atomic E-state index is 12.4. The molecule has 1 unspecified atom stereocenters. The van der Waals surface area contributed by atoms with Gasteiger partial charge in [-0.3, -0.25) is 19.1 Å². The Labute approximate surface area is 139 Å². The van der Waals surface area contributed by atoms with Crippen molar-refractivity contribution >= 4 is 23.4 Å². The topological polar surface area (TPSA) is 87.5 Å². The Morgan fingerprint density at radius 2 is 2.08 bits per heavy atom. The van der Waals surface area contributed by atoms with Crippen LogP contribution in [0.2, 0.25) is 0 Å². The van der Waals surface area contributed by atoms with E-state index in [1.165, 1.54) is 0 Å². The van der Waals surface area contributed by atoms with Gasteiger partial charge in [-0.15, -0.1) is 0 Å². The summed E-state index contributed by atoms with van der Waals surface area (Å²) in [6.45, 7) is 2.48. The quantitative estimate of drug-likeness (QED) is 0.839. The lowest BCUT2D eigenvalue weighted by Crippen LogP contribution is -2.55. The number of nitrogens with zero attached hydrogens (tertiary/aromatic N) is 4. The lowest BCUT2D eigenvalue weighted by Gasteiger charge is -2.41. The Balaban J connectivity index is 1.33. The Hall–Kier alpha value is -2.38.